The van der Waals surface area contributed by atoms with Gasteiger partial charge in [0.15, 0.2) is 0 Å². The third kappa shape index (κ3) is 4.18. The molecule has 0 aromatic heterocycles. The second kappa shape index (κ2) is 5.84. The summed E-state index contributed by atoms with van der Waals surface area (Å²) in [4.78, 5) is 21.4. The van der Waals surface area contributed by atoms with Gasteiger partial charge in [0.25, 0.3) is 0 Å². The van der Waals surface area contributed by atoms with Crippen molar-refractivity contribution in [3.8, 4) is 0 Å². The molecule has 1 fully saturated rings. The Labute approximate surface area is 94.6 Å². The van der Waals surface area contributed by atoms with E-state index in [0.717, 1.165) is 25.7 Å². The highest BCUT2D eigenvalue weighted by Crippen LogP contribution is 2.29. The van der Waals surface area contributed by atoms with Crippen LogP contribution in [0.15, 0.2) is 0 Å². The highest BCUT2D eigenvalue weighted by Gasteiger charge is 2.27. The van der Waals surface area contributed by atoms with Gasteiger partial charge in [0.2, 0.25) is 0 Å². The van der Waals surface area contributed by atoms with E-state index < -0.39 is 17.9 Å². The van der Waals surface area contributed by atoms with Crippen molar-refractivity contribution in [1.82, 2.24) is 0 Å². The van der Waals surface area contributed by atoms with Gasteiger partial charge in [0.1, 0.15) is 0 Å². The summed E-state index contributed by atoms with van der Waals surface area (Å²) in [5.41, 5.74) is 5.76. The van der Waals surface area contributed by atoms with E-state index in [-0.39, 0.29) is 12.5 Å². The van der Waals surface area contributed by atoms with Crippen LogP contribution in [0.1, 0.15) is 38.5 Å². The van der Waals surface area contributed by atoms with E-state index in [2.05, 4.69) is 0 Å². The minimum absolute atomic E-state index is 0.235. The summed E-state index contributed by atoms with van der Waals surface area (Å²) in [6, 6.07) is 0.235. The fourth-order valence-corrected chi connectivity index (χ4v) is 2.31. The molecule has 0 amide bonds. The summed E-state index contributed by atoms with van der Waals surface area (Å²) < 4.78 is 0. The second-order valence-corrected chi connectivity index (χ2v) is 4.65. The zero-order valence-electron chi connectivity index (χ0n) is 9.26. The SMILES string of the molecule is NC1CCC(CC(CC(=O)O)C(=O)O)CC1. The van der Waals surface area contributed by atoms with Crippen LogP contribution in [0.2, 0.25) is 0 Å². The van der Waals surface area contributed by atoms with Crippen molar-refractivity contribution in [2.45, 2.75) is 44.6 Å². The van der Waals surface area contributed by atoms with Gasteiger partial charge in [-0.25, -0.2) is 0 Å². The van der Waals surface area contributed by atoms with Gasteiger partial charge in [-0.05, 0) is 38.0 Å². The van der Waals surface area contributed by atoms with Gasteiger partial charge in [0.05, 0.1) is 12.3 Å². The van der Waals surface area contributed by atoms with Crippen molar-refractivity contribution >= 4 is 11.9 Å². The van der Waals surface area contributed by atoms with Crippen LogP contribution in [0, 0.1) is 11.8 Å². The lowest BCUT2D eigenvalue weighted by molar-refractivity contribution is -0.149. The summed E-state index contributed by atoms with van der Waals surface area (Å²) in [6.07, 6.45) is 3.87. The molecule has 4 N–H and O–H groups in total. The first-order valence-corrected chi connectivity index (χ1v) is 5.69. The topological polar surface area (TPSA) is 101 Å². The molecule has 1 unspecified atom stereocenters. The predicted octanol–water partition coefficient (Wildman–Crippen LogP) is 1.07. The van der Waals surface area contributed by atoms with Gasteiger partial charge in [-0.3, -0.25) is 9.59 Å². The standard InChI is InChI=1S/C11H19NO4/c12-9-3-1-7(2-4-9)5-8(11(15)16)6-10(13)14/h7-9H,1-6,12H2,(H,13,14)(H,15,16). The van der Waals surface area contributed by atoms with E-state index in [1.165, 1.54) is 0 Å². The average molecular weight is 229 g/mol. The van der Waals surface area contributed by atoms with Gasteiger partial charge < -0.3 is 15.9 Å². The summed E-state index contributed by atoms with van der Waals surface area (Å²) in [7, 11) is 0. The number of carboxylic acids is 2. The van der Waals surface area contributed by atoms with Crippen molar-refractivity contribution in [1.29, 1.82) is 0 Å². The van der Waals surface area contributed by atoms with Crippen LogP contribution < -0.4 is 5.73 Å². The number of aliphatic carboxylic acids is 2. The molecule has 1 aliphatic rings. The number of hydrogen-bond acceptors (Lipinski definition) is 3. The molecule has 1 rings (SSSR count). The molecular formula is C11H19NO4. The monoisotopic (exact) mass is 229 g/mol. The smallest absolute Gasteiger partial charge is 0.307 e. The first-order valence-electron chi connectivity index (χ1n) is 5.69. The van der Waals surface area contributed by atoms with Crippen molar-refractivity contribution in [2.24, 2.45) is 17.6 Å². The van der Waals surface area contributed by atoms with Crippen molar-refractivity contribution in [3.05, 3.63) is 0 Å². The fraction of sp³-hybridized carbons (Fsp3) is 0.818. The lowest BCUT2D eigenvalue weighted by Crippen LogP contribution is -2.29. The number of rotatable bonds is 5. The Morgan fingerprint density at radius 2 is 1.75 bits per heavy atom. The molecule has 5 heteroatoms. The van der Waals surface area contributed by atoms with E-state index in [1.807, 2.05) is 0 Å². The summed E-state index contributed by atoms with van der Waals surface area (Å²) in [5, 5.41) is 17.5. The lowest BCUT2D eigenvalue weighted by Gasteiger charge is -2.27. The van der Waals surface area contributed by atoms with Crippen LogP contribution in [0.25, 0.3) is 0 Å². The first-order chi connectivity index (χ1) is 7.49. The van der Waals surface area contributed by atoms with E-state index >= 15 is 0 Å². The maximum Gasteiger partial charge on any atom is 0.307 e. The van der Waals surface area contributed by atoms with E-state index in [4.69, 9.17) is 15.9 Å². The maximum atomic E-state index is 10.9. The van der Waals surface area contributed by atoms with Crippen LogP contribution in [0.5, 0.6) is 0 Å². The number of nitrogens with two attached hydrogens (primary N) is 1. The third-order valence-electron chi connectivity index (χ3n) is 3.28. The third-order valence-corrected chi connectivity index (χ3v) is 3.28. The zero-order chi connectivity index (χ0) is 12.1. The highest BCUT2D eigenvalue weighted by atomic mass is 16.4. The molecule has 0 aromatic carbocycles. The lowest BCUT2D eigenvalue weighted by atomic mass is 9.80. The molecule has 0 saturated heterocycles. The van der Waals surface area contributed by atoms with Gasteiger partial charge in [0, 0.05) is 6.04 Å². The predicted molar refractivity (Wildman–Crippen MR) is 57.9 cm³/mol. The second-order valence-electron chi connectivity index (χ2n) is 4.65. The van der Waals surface area contributed by atoms with Gasteiger partial charge in [-0.1, -0.05) is 0 Å². The van der Waals surface area contributed by atoms with Gasteiger partial charge >= 0.3 is 11.9 Å². The molecule has 1 saturated carbocycles. The van der Waals surface area contributed by atoms with E-state index in [9.17, 15) is 9.59 Å². The highest BCUT2D eigenvalue weighted by molar-refractivity contribution is 5.77. The number of carboxylic acid groups (broad SMARTS) is 2. The van der Waals surface area contributed by atoms with Crippen LogP contribution in [0.3, 0.4) is 0 Å². The Morgan fingerprint density at radius 1 is 1.19 bits per heavy atom. The Morgan fingerprint density at radius 3 is 2.19 bits per heavy atom. The average Bonchev–Trinajstić information content (AvgIpc) is 2.19. The molecule has 92 valence electrons. The molecule has 0 aromatic rings. The van der Waals surface area contributed by atoms with Crippen LogP contribution in [-0.2, 0) is 9.59 Å². The van der Waals surface area contributed by atoms with Crippen LogP contribution in [0.4, 0.5) is 0 Å². The molecule has 0 radical (unpaired) electrons. The minimum Gasteiger partial charge on any atom is -0.481 e. The summed E-state index contributed by atoms with van der Waals surface area (Å²) in [5.74, 6) is -2.48. The van der Waals surface area contributed by atoms with Gasteiger partial charge in [-0.2, -0.15) is 0 Å². The normalized spacial score (nSPS) is 27.3. The number of carbonyl (C=O) groups is 2. The Bertz CT molecular complexity index is 259. The Balaban J connectivity index is 2.42. The molecule has 16 heavy (non-hydrogen) atoms. The molecule has 1 aliphatic carbocycles. The number of hydrogen-bond donors (Lipinski definition) is 3. The maximum absolute atomic E-state index is 10.9. The van der Waals surface area contributed by atoms with Crippen molar-refractivity contribution < 1.29 is 19.8 Å². The molecule has 0 spiro atoms. The van der Waals surface area contributed by atoms with Crippen LogP contribution in [-0.4, -0.2) is 28.2 Å². The van der Waals surface area contributed by atoms with E-state index in [0.29, 0.717) is 12.3 Å². The molecule has 0 bridgehead atoms. The fourth-order valence-electron chi connectivity index (χ4n) is 2.31. The summed E-state index contributed by atoms with van der Waals surface area (Å²) >= 11 is 0. The minimum atomic E-state index is -1.04. The zero-order valence-corrected chi connectivity index (χ0v) is 9.26. The molecule has 0 heterocycles. The Hall–Kier alpha value is -1.10. The molecular weight excluding hydrogens is 210 g/mol. The molecule has 5 nitrogen and oxygen atoms in total. The Kier molecular flexibility index (Phi) is 4.73. The van der Waals surface area contributed by atoms with Crippen molar-refractivity contribution in [3.63, 3.8) is 0 Å². The first kappa shape index (κ1) is 13.0. The molecule has 1 atom stereocenters. The van der Waals surface area contributed by atoms with Gasteiger partial charge in [-0.15, -0.1) is 0 Å². The quantitative estimate of drug-likeness (QED) is 0.654. The molecule has 0 aliphatic heterocycles. The van der Waals surface area contributed by atoms with E-state index in [1.54, 1.807) is 0 Å². The largest absolute Gasteiger partial charge is 0.481 e. The van der Waals surface area contributed by atoms with Crippen LogP contribution >= 0.6 is 0 Å². The summed E-state index contributed by atoms with van der Waals surface area (Å²) in [6.45, 7) is 0. The van der Waals surface area contributed by atoms with Crippen molar-refractivity contribution in [2.75, 3.05) is 0 Å².